The molecule has 0 aromatic heterocycles. The van der Waals surface area contributed by atoms with E-state index in [2.05, 4.69) is 5.32 Å². The first kappa shape index (κ1) is 34.9. The molecule has 43 heavy (non-hydrogen) atoms. The van der Waals surface area contributed by atoms with Gasteiger partial charge in [-0.1, -0.05) is 6.08 Å². The van der Waals surface area contributed by atoms with Crippen molar-refractivity contribution in [3.05, 3.63) is 11.6 Å². The van der Waals surface area contributed by atoms with Gasteiger partial charge in [0.05, 0.1) is 37.5 Å². The van der Waals surface area contributed by atoms with Gasteiger partial charge in [-0.05, 0) is 19.4 Å². The minimum Gasteiger partial charge on any atom is -0.394 e. The van der Waals surface area contributed by atoms with Crippen LogP contribution in [0.2, 0.25) is 0 Å². The zero-order valence-electron chi connectivity index (χ0n) is 23.4. The van der Waals surface area contributed by atoms with Crippen LogP contribution in [0.1, 0.15) is 13.8 Å². The lowest BCUT2D eigenvalue weighted by atomic mass is 9.86. The summed E-state index contributed by atoms with van der Waals surface area (Å²) in [6.07, 6.45) is -24.8. The van der Waals surface area contributed by atoms with Crippen LogP contribution in [0, 0.1) is 0 Å². The van der Waals surface area contributed by atoms with E-state index < -0.39 is 130 Å². The third kappa shape index (κ3) is 6.92. The van der Waals surface area contributed by atoms with Crippen LogP contribution in [0.15, 0.2) is 11.6 Å². The second kappa shape index (κ2) is 14.2. The largest absolute Gasteiger partial charge is 0.394 e. The number of hydrogen-bond donors (Lipinski definition) is 13. The topological polar surface area (TPSA) is 301 Å². The maximum absolute atomic E-state index is 10.9. The van der Waals surface area contributed by atoms with Crippen molar-refractivity contribution < 1.29 is 85.0 Å². The van der Waals surface area contributed by atoms with Gasteiger partial charge < -0.3 is 90.3 Å². The van der Waals surface area contributed by atoms with Gasteiger partial charge in [-0.2, -0.15) is 0 Å². The minimum atomic E-state index is -1.82. The van der Waals surface area contributed by atoms with Crippen LogP contribution >= 0.6 is 0 Å². The monoisotopic (exact) mass is 629 g/mol. The molecule has 3 aliphatic heterocycles. The lowest BCUT2D eigenvalue weighted by Crippen LogP contribution is -2.68. The van der Waals surface area contributed by atoms with Crippen LogP contribution in [-0.4, -0.2) is 191 Å². The van der Waals surface area contributed by atoms with Crippen molar-refractivity contribution in [2.24, 2.45) is 0 Å². The van der Waals surface area contributed by atoms with Gasteiger partial charge in [0.25, 0.3) is 0 Å². The summed E-state index contributed by atoms with van der Waals surface area (Å²) < 4.78 is 27.7. The van der Waals surface area contributed by atoms with E-state index in [9.17, 15) is 61.3 Å². The first-order valence-electron chi connectivity index (χ1n) is 14.0. The Labute approximate surface area is 245 Å². The average Bonchev–Trinajstić information content (AvgIpc) is 2.98. The average molecular weight is 630 g/mol. The molecule has 0 aromatic rings. The third-order valence-corrected chi connectivity index (χ3v) is 8.43. The Kier molecular flexibility index (Phi) is 11.5. The predicted octanol–water partition coefficient (Wildman–Crippen LogP) is -7.54. The fourth-order valence-electron chi connectivity index (χ4n) is 5.79. The van der Waals surface area contributed by atoms with Crippen molar-refractivity contribution in [3.63, 3.8) is 0 Å². The summed E-state index contributed by atoms with van der Waals surface area (Å²) in [7, 11) is 0. The summed E-state index contributed by atoms with van der Waals surface area (Å²) in [5.41, 5.74) is 0.0446. The van der Waals surface area contributed by atoms with Crippen molar-refractivity contribution in [1.29, 1.82) is 0 Å². The Morgan fingerprint density at radius 1 is 0.651 bits per heavy atom. The predicted molar refractivity (Wildman–Crippen MR) is 136 cm³/mol. The van der Waals surface area contributed by atoms with E-state index in [0.29, 0.717) is 0 Å². The van der Waals surface area contributed by atoms with Crippen LogP contribution < -0.4 is 5.32 Å². The van der Waals surface area contributed by atoms with E-state index in [0.717, 1.165) is 0 Å². The smallest absolute Gasteiger partial charge is 0.187 e. The van der Waals surface area contributed by atoms with Crippen molar-refractivity contribution in [2.45, 2.75) is 130 Å². The van der Waals surface area contributed by atoms with Crippen LogP contribution in [0.4, 0.5) is 0 Å². The summed E-state index contributed by atoms with van der Waals surface area (Å²) in [4.78, 5) is 0. The molecule has 0 amide bonds. The standard InChI is InChI=1S/C25H43NO17/c1-6-11(26-9-3-8(4-27)12(29)15(32)13(9)30)14(31)19(36)24(39-6)42-21-7(2)40-25(20(37)17(21)34)43-22-10(5-28)41-23(38)18(35)16(22)33/h3,6-7,9-38H,4-5H2,1-2H3/t6-,7-,9+,10-,11-,12-,13+,14+,15+,16-,17-,18-,19-,20-,21-,22-,23?,24-,25-/m1/s1. The van der Waals surface area contributed by atoms with Crippen LogP contribution in [0.5, 0.6) is 0 Å². The minimum absolute atomic E-state index is 0.0446. The summed E-state index contributed by atoms with van der Waals surface area (Å²) in [6.45, 7) is 1.62. The van der Waals surface area contributed by atoms with E-state index in [-0.39, 0.29) is 5.57 Å². The van der Waals surface area contributed by atoms with Gasteiger partial charge in [0, 0.05) is 0 Å². The molecular weight excluding hydrogens is 586 g/mol. The summed E-state index contributed by atoms with van der Waals surface area (Å²) >= 11 is 0. The van der Waals surface area contributed by atoms with Gasteiger partial charge in [-0.3, -0.25) is 0 Å². The molecule has 3 heterocycles. The Morgan fingerprint density at radius 3 is 1.81 bits per heavy atom. The Bertz CT molecular complexity index is 943. The number of aliphatic hydroxyl groups is 12. The number of hydrogen-bond acceptors (Lipinski definition) is 18. The van der Waals surface area contributed by atoms with E-state index in [1.54, 1.807) is 0 Å². The lowest BCUT2D eigenvalue weighted by molar-refractivity contribution is -0.370. The highest BCUT2D eigenvalue weighted by Gasteiger charge is 2.52. The molecule has 13 N–H and O–H groups in total. The zero-order chi connectivity index (χ0) is 31.9. The molecule has 0 bridgehead atoms. The maximum atomic E-state index is 10.9. The summed E-state index contributed by atoms with van der Waals surface area (Å²) in [5, 5.41) is 126. The van der Waals surface area contributed by atoms with Crippen LogP contribution in [0.3, 0.4) is 0 Å². The van der Waals surface area contributed by atoms with Gasteiger partial charge >= 0.3 is 0 Å². The molecular formula is C25H43NO17. The van der Waals surface area contributed by atoms with Gasteiger partial charge in [0.15, 0.2) is 18.9 Å². The SMILES string of the molecule is C[C@H]1O[C@H](O[C@H]2[C@H](O)[C@@H](O)[C@@H](O[C@H]3[C@H](O)[C@@H](O)C(O)O[C@@H]3CO)O[C@@H]2C)[C@H](O)[C@@H](O)[C@@H]1N[C@H]1C=C(CO)[C@@H](O)[C@H](O)[C@H]1O. The highest BCUT2D eigenvalue weighted by Crippen LogP contribution is 2.32. The number of aliphatic hydroxyl groups excluding tert-OH is 12. The fraction of sp³-hybridized carbons (Fsp3) is 0.920. The molecule has 1 unspecified atom stereocenters. The van der Waals surface area contributed by atoms with Crippen molar-refractivity contribution in [3.8, 4) is 0 Å². The molecule has 0 spiro atoms. The quantitative estimate of drug-likeness (QED) is 0.111. The molecule has 3 fully saturated rings. The summed E-state index contributed by atoms with van der Waals surface area (Å²) in [5.74, 6) is 0. The van der Waals surface area contributed by atoms with E-state index >= 15 is 0 Å². The van der Waals surface area contributed by atoms with E-state index in [1.807, 2.05) is 0 Å². The molecule has 3 saturated heterocycles. The number of rotatable bonds is 8. The third-order valence-electron chi connectivity index (χ3n) is 8.43. The molecule has 250 valence electrons. The van der Waals surface area contributed by atoms with Crippen molar-refractivity contribution >= 4 is 0 Å². The molecule has 18 nitrogen and oxygen atoms in total. The highest BCUT2D eigenvalue weighted by atomic mass is 16.7. The zero-order valence-corrected chi connectivity index (χ0v) is 23.4. The van der Waals surface area contributed by atoms with Gasteiger partial charge in [-0.25, -0.2) is 0 Å². The van der Waals surface area contributed by atoms with Gasteiger partial charge in [0.2, 0.25) is 0 Å². The Balaban J connectivity index is 1.39. The number of ether oxygens (including phenoxy) is 5. The second-order valence-electron chi connectivity index (χ2n) is 11.4. The molecule has 18 heteroatoms. The molecule has 4 rings (SSSR count). The van der Waals surface area contributed by atoms with Crippen molar-refractivity contribution in [2.75, 3.05) is 13.2 Å². The van der Waals surface area contributed by atoms with E-state index in [1.165, 1.54) is 19.9 Å². The first-order valence-corrected chi connectivity index (χ1v) is 14.0. The molecule has 0 radical (unpaired) electrons. The van der Waals surface area contributed by atoms with Gasteiger partial charge in [-0.15, -0.1) is 0 Å². The number of nitrogens with one attached hydrogen (secondary N) is 1. The molecule has 0 aromatic carbocycles. The lowest BCUT2D eigenvalue weighted by Gasteiger charge is -2.48. The van der Waals surface area contributed by atoms with E-state index in [4.69, 9.17) is 23.7 Å². The molecule has 1 aliphatic carbocycles. The second-order valence-corrected chi connectivity index (χ2v) is 11.4. The summed E-state index contributed by atoms with van der Waals surface area (Å²) in [6, 6.07) is -2.08. The normalized spacial score (nSPS) is 53.0. The Morgan fingerprint density at radius 2 is 1.21 bits per heavy atom. The highest BCUT2D eigenvalue weighted by molar-refractivity contribution is 5.22. The van der Waals surface area contributed by atoms with Crippen LogP contribution in [0.25, 0.3) is 0 Å². The first-order chi connectivity index (χ1) is 20.2. The maximum Gasteiger partial charge on any atom is 0.187 e. The molecule has 0 saturated carbocycles. The van der Waals surface area contributed by atoms with Crippen molar-refractivity contribution in [1.82, 2.24) is 5.32 Å². The molecule has 4 aliphatic rings. The molecule has 19 atom stereocenters. The van der Waals surface area contributed by atoms with Crippen LogP contribution in [-0.2, 0) is 23.7 Å². The fourth-order valence-corrected chi connectivity index (χ4v) is 5.79. The van der Waals surface area contributed by atoms with Gasteiger partial charge in [0.1, 0.15) is 73.2 Å². The Hall–Kier alpha value is -0.980.